The van der Waals surface area contributed by atoms with E-state index in [2.05, 4.69) is 24.3 Å². The number of halogens is 1. The summed E-state index contributed by atoms with van der Waals surface area (Å²) in [5, 5.41) is 2.75. The monoisotopic (exact) mass is 444 g/mol. The van der Waals surface area contributed by atoms with Crippen molar-refractivity contribution in [1.29, 1.82) is 0 Å². The Hall–Kier alpha value is -2.05. The SMILES string of the molecule is CCCCCC1CN(CC(=O)N2CCC[C@@H]2C)C(=O)C2=CC(c3ccc(Cl)cc3)NN21. The normalized spacial score (nSPS) is 25.8. The molecule has 6 nitrogen and oxygen atoms in total. The molecule has 1 aromatic rings. The number of piperazine rings is 1. The van der Waals surface area contributed by atoms with Gasteiger partial charge in [-0.3, -0.25) is 14.6 Å². The van der Waals surface area contributed by atoms with Gasteiger partial charge in [-0.15, -0.1) is 0 Å². The largest absolute Gasteiger partial charge is 0.338 e. The van der Waals surface area contributed by atoms with Gasteiger partial charge in [-0.05, 0) is 50.0 Å². The number of hydrogen-bond acceptors (Lipinski definition) is 4. The molecule has 0 bridgehead atoms. The molecule has 2 amide bonds. The molecule has 0 radical (unpaired) electrons. The number of rotatable bonds is 7. The van der Waals surface area contributed by atoms with Crippen molar-refractivity contribution in [2.75, 3.05) is 19.6 Å². The van der Waals surface area contributed by atoms with Crippen LogP contribution in [0.25, 0.3) is 0 Å². The zero-order valence-electron chi connectivity index (χ0n) is 18.5. The number of carbonyl (C=O) groups excluding carboxylic acids is 2. The number of unbranched alkanes of at least 4 members (excludes halogenated alkanes) is 2. The van der Waals surface area contributed by atoms with Gasteiger partial charge in [-0.25, -0.2) is 5.43 Å². The lowest BCUT2D eigenvalue weighted by atomic mass is 10.0. The first-order valence-electron chi connectivity index (χ1n) is 11.6. The third-order valence-electron chi connectivity index (χ3n) is 6.73. The minimum atomic E-state index is -0.0702. The molecule has 0 spiro atoms. The lowest BCUT2D eigenvalue weighted by molar-refractivity contribution is -0.143. The molecular formula is C24H33ClN4O2. The predicted octanol–water partition coefficient (Wildman–Crippen LogP) is 3.89. The summed E-state index contributed by atoms with van der Waals surface area (Å²) >= 11 is 6.05. The van der Waals surface area contributed by atoms with Crippen molar-refractivity contribution in [2.24, 2.45) is 0 Å². The van der Waals surface area contributed by atoms with Crippen LogP contribution in [0.2, 0.25) is 5.02 Å². The maximum atomic E-state index is 13.3. The highest BCUT2D eigenvalue weighted by Crippen LogP contribution is 2.32. The molecule has 0 saturated carbocycles. The molecule has 2 fully saturated rings. The molecule has 31 heavy (non-hydrogen) atoms. The van der Waals surface area contributed by atoms with E-state index in [1.54, 1.807) is 4.90 Å². The van der Waals surface area contributed by atoms with Gasteiger partial charge in [0.05, 0.1) is 12.1 Å². The summed E-state index contributed by atoms with van der Waals surface area (Å²) in [7, 11) is 0. The fourth-order valence-electron chi connectivity index (χ4n) is 4.94. The van der Waals surface area contributed by atoms with Gasteiger partial charge >= 0.3 is 0 Å². The Morgan fingerprint density at radius 2 is 2.00 bits per heavy atom. The average Bonchev–Trinajstić information content (AvgIpc) is 3.39. The van der Waals surface area contributed by atoms with Gasteiger partial charge in [0.2, 0.25) is 5.91 Å². The number of hydrazine groups is 1. The minimum Gasteiger partial charge on any atom is -0.338 e. The van der Waals surface area contributed by atoms with Crippen molar-refractivity contribution in [3.8, 4) is 0 Å². The van der Waals surface area contributed by atoms with E-state index in [9.17, 15) is 9.59 Å². The van der Waals surface area contributed by atoms with Crippen LogP contribution in [0.4, 0.5) is 0 Å². The number of amides is 2. The molecule has 7 heteroatoms. The van der Waals surface area contributed by atoms with Crippen molar-refractivity contribution in [3.63, 3.8) is 0 Å². The second-order valence-electron chi connectivity index (χ2n) is 8.99. The molecule has 168 valence electrons. The highest BCUT2D eigenvalue weighted by atomic mass is 35.5. The summed E-state index contributed by atoms with van der Waals surface area (Å²) in [5.41, 5.74) is 5.26. The fraction of sp³-hybridized carbons (Fsp3) is 0.583. The predicted molar refractivity (Wildman–Crippen MR) is 122 cm³/mol. The van der Waals surface area contributed by atoms with E-state index < -0.39 is 0 Å². The molecular weight excluding hydrogens is 412 g/mol. The maximum Gasteiger partial charge on any atom is 0.271 e. The van der Waals surface area contributed by atoms with Crippen LogP contribution < -0.4 is 5.43 Å². The fourth-order valence-corrected chi connectivity index (χ4v) is 5.06. The molecule has 3 aliphatic rings. The Morgan fingerprint density at radius 3 is 2.68 bits per heavy atom. The van der Waals surface area contributed by atoms with Crippen LogP contribution in [-0.4, -0.2) is 58.3 Å². The molecule has 3 atom stereocenters. The Labute approximate surface area is 190 Å². The van der Waals surface area contributed by atoms with Crippen molar-refractivity contribution >= 4 is 23.4 Å². The summed E-state index contributed by atoms with van der Waals surface area (Å²) in [5.74, 6) is 0.0100. The summed E-state index contributed by atoms with van der Waals surface area (Å²) in [4.78, 5) is 29.9. The lowest BCUT2D eigenvalue weighted by Crippen LogP contribution is -2.58. The molecule has 4 rings (SSSR count). The van der Waals surface area contributed by atoms with Gasteiger partial charge in [0.25, 0.3) is 5.91 Å². The van der Waals surface area contributed by atoms with Gasteiger partial charge in [-0.2, -0.15) is 0 Å². The van der Waals surface area contributed by atoms with Gasteiger partial charge in [0.15, 0.2) is 0 Å². The number of likely N-dealkylation sites (tertiary alicyclic amines) is 1. The third-order valence-corrected chi connectivity index (χ3v) is 6.99. The van der Waals surface area contributed by atoms with Crippen LogP contribution in [0.1, 0.15) is 64.0 Å². The second-order valence-corrected chi connectivity index (χ2v) is 9.43. The third kappa shape index (κ3) is 4.75. The zero-order valence-corrected chi connectivity index (χ0v) is 19.3. The second kappa shape index (κ2) is 9.61. The summed E-state index contributed by atoms with van der Waals surface area (Å²) < 4.78 is 0. The molecule has 1 N–H and O–H groups in total. The van der Waals surface area contributed by atoms with E-state index in [1.807, 2.05) is 35.2 Å². The molecule has 0 aliphatic carbocycles. The van der Waals surface area contributed by atoms with E-state index in [4.69, 9.17) is 11.6 Å². The first-order valence-corrected chi connectivity index (χ1v) is 12.0. The number of fused-ring (bicyclic) bond motifs is 1. The van der Waals surface area contributed by atoms with E-state index in [0.717, 1.165) is 44.2 Å². The Morgan fingerprint density at radius 1 is 1.23 bits per heavy atom. The van der Waals surface area contributed by atoms with Crippen LogP contribution in [0, 0.1) is 0 Å². The number of benzene rings is 1. The molecule has 2 unspecified atom stereocenters. The van der Waals surface area contributed by atoms with Crippen LogP contribution in [0.3, 0.4) is 0 Å². The van der Waals surface area contributed by atoms with Crippen molar-refractivity contribution in [1.82, 2.24) is 20.2 Å². The van der Waals surface area contributed by atoms with E-state index in [0.29, 0.717) is 17.3 Å². The number of hydrogen-bond donors (Lipinski definition) is 1. The molecule has 2 saturated heterocycles. The van der Waals surface area contributed by atoms with E-state index in [-0.39, 0.29) is 36.5 Å². The number of nitrogens with zero attached hydrogens (tertiary/aromatic N) is 3. The highest BCUT2D eigenvalue weighted by Gasteiger charge is 2.41. The molecule has 1 aromatic carbocycles. The Balaban J connectivity index is 1.53. The number of carbonyl (C=O) groups is 2. The van der Waals surface area contributed by atoms with Gasteiger partial charge in [0.1, 0.15) is 12.2 Å². The topological polar surface area (TPSA) is 55.9 Å². The first-order chi connectivity index (χ1) is 15.0. The van der Waals surface area contributed by atoms with Crippen LogP contribution in [0.5, 0.6) is 0 Å². The smallest absolute Gasteiger partial charge is 0.271 e. The van der Waals surface area contributed by atoms with Crippen LogP contribution in [0.15, 0.2) is 36.0 Å². The number of nitrogens with one attached hydrogen (secondary N) is 1. The summed E-state index contributed by atoms with van der Waals surface area (Å²) in [6.07, 6.45) is 8.51. The van der Waals surface area contributed by atoms with Crippen LogP contribution >= 0.6 is 11.6 Å². The van der Waals surface area contributed by atoms with Crippen molar-refractivity contribution < 1.29 is 9.59 Å². The quantitative estimate of drug-likeness (QED) is 0.648. The van der Waals surface area contributed by atoms with Gasteiger partial charge in [-0.1, -0.05) is 49.9 Å². The molecule has 0 aromatic heterocycles. The van der Waals surface area contributed by atoms with E-state index in [1.165, 1.54) is 6.42 Å². The van der Waals surface area contributed by atoms with Crippen molar-refractivity contribution in [2.45, 2.75) is 70.5 Å². The van der Waals surface area contributed by atoms with Gasteiger partial charge < -0.3 is 9.80 Å². The highest BCUT2D eigenvalue weighted by molar-refractivity contribution is 6.30. The van der Waals surface area contributed by atoms with Crippen LogP contribution in [-0.2, 0) is 9.59 Å². The zero-order chi connectivity index (χ0) is 22.0. The Kier molecular flexibility index (Phi) is 6.87. The Bertz CT molecular complexity index is 840. The lowest BCUT2D eigenvalue weighted by Gasteiger charge is -2.42. The summed E-state index contributed by atoms with van der Waals surface area (Å²) in [6.45, 7) is 5.84. The van der Waals surface area contributed by atoms with E-state index >= 15 is 0 Å². The molecule has 3 heterocycles. The van der Waals surface area contributed by atoms with Crippen molar-refractivity contribution in [3.05, 3.63) is 46.6 Å². The average molecular weight is 445 g/mol. The first kappa shape index (κ1) is 22.2. The maximum absolute atomic E-state index is 13.3. The van der Waals surface area contributed by atoms with Gasteiger partial charge in [0, 0.05) is 24.2 Å². The summed E-state index contributed by atoms with van der Waals surface area (Å²) in [6, 6.07) is 8.08. The minimum absolute atomic E-state index is 0.0593. The molecule has 3 aliphatic heterocycles. The standard InChI is InChI=1S/C24H33ClN4O2/c1-3-4-5-8-20-15-27(16-23(30)28-13-6-7-17(28)2)24(31)22-14-21(26-29(20)22)18-9-11-19(25)12-10-18/h9-12,14,17,20-21,26H,3-8,13,15-16H2,1-2H3/t17-,20?,21?/m0/s1.